The van der Waals surface area contributed by atoms with Crippen molar-refractivity contribution in [1.29, 1.82) is 0 Å². The van der Waals surface area contributed by atoms with Crippen LogP contribution in [0.3, 0.4) is 0 Å². The van der Waals surface area contributed by atoms with E-state index in [9.17, 15) is 14.4 Å². The quantitative estimate of drug-likeness (QED) is 0.394. The first-order chi connectivity index (χ1) is 15.0. The van der Waals surface area contributed by atoms with E-state index in [1.165, 1.54) is 5.56 Å². The van der Waals surface area contributed by atoms with Crippen molar-refractivity contribution in [3.63, 3.8) is 0 Å². The third kappa shape index (κ3) is 14.2. The van der Waals surface area contributed by atoms with Gasteiger partial charge in [0.25, 0.3) is 0 Å². The number of nitrogens with one attached hydrogen (secondary N) is 2. The summed E-state index contributed by atoms with van der Waals surface area (Å²) >= 11 is 0. The molecule has 2 amide bonds. The molecule has 0 aromatic heterocycles. The average molecular weight is 452 g/mol. The van der Waals surface area contributed by atoms with Gasteiger partial charge in [0.1, 0.15) is 5.60 Å². The zero-order valence-electron chi connectivity index (χ0n) is 19.6. The van der Waals surface area contributed by atoms with Gasteiger partial charge in [0.05, 0.1) is 0 Å². The Balaban J connectivity index is 2.43. The van der Waals surface area contributed by atoms with E-state index in [0.29, 0.717) is 6.54 Å². The van der Waals surface area contributed by atoms with E-state index in [4.69, 9.17) is 9.84 Å². The van der Waals surface area contributed by atoms with Crippen LogP contribution in [-0.4, -0.2) is 66.0 Å². The third-order valence-corrected chi connectivity index (χ3v) is 4.39. The average Bonchev–Trinajstić information content (AvgIpc) is 2.69. The van der Waals surface area contributed by atoms with E-state index in [0.717, 1.165) is 38.9 Å². The van der Waals surface area contributed by atoms with E-state index in [1.54, 1.807) is 0 Å². The lowest BCUT2D eigenvalue weighted by Crippen LogP contribution is -2.39. The van der Waals surface area contributed by atoms with Crippen molar-refractivity contribution in [3.05, 3.63) is 35.9 Å². The number of alkyl carbamates (subject to hydrolysis) is 2. The predicted molar refractivity (Wildman–Crippen MR) is 121 cm³/mol. The molecule has 1 aromatic rings. The maximum atomic E-state index is 12.0. The Hall–Kier alpha value is -2.81. The second kappa shape index (κ2) is 14.3. The molecule has 0 aliphatic rings. The van der Waals surface area contributed by atoms with Gasteiger partial charge >= 0.3 is 18.2 Å². The maximum Gasteiger partial charge on any atom is 0.407 e. The summed E-state index contributed by atoms with van der Waals surface area (Å²) < 4.78 is 9.84. The molecule has 1 rings (SSSR count). The number of hydrogen-bond donors (Lipinski definition) is 3. The highest BCUT2D eigenvalue weighted by Crippen LogP contribution is 2.09. The summed E-state index contributed by atoms with van der Waals surface area (Å²) in [6.45, 7) is 9.62. The Bertz CT molecular complexity index is 705. The number of carboxylic acids is 1. The number of rotatable bonds is 13. The van der Waals surface area contributed by atoms with Crippen molar-refractivity contribution in [2.24, 2.45) is 0 Å². The second-order valence-electron chi connectivity index (χ2n) is 8.70. The molecule has 0 spiro atoms. The molecule has 0 fully saturated rings. The van der Waals surface area contributed by atoms with Gasteiger partial charge in [0.15, 0.2) is 6.61 Å². The number of amides is 2. The molecule has 1 atom stereocenters. The van der Waals surface area contributed by atoms with Gasteiger partial charge < -0.3 is 25.2 Å². The standard InChI is InChI=1S/C23H37N3O6/c1-18(25-22(30)32-23(2,3)4)12-15-26(16-19-10-6-5-7-11-19)14-9-8-13-24-21(29)31-17-20(27)28/h5-7,10-11,18H,8-9,12-17H2,1-4H3,(H,24,29)(H,25,30)(H,27,28)/t18-/m0/s1. The lowest BCUT2D eigenvalue weighted by atomic mass is 10.1. The number of carboxylic acid groups (broad SMARTS) is 1. The van der Waals surface area contributed by atoms with Crippen LogP contribution >= 0.6 is 0 Å². The van der Waals surface area contributed by atoms with E-state index in [2.05, 4.69) is 32.4 Å². The third-order valence-electron chi connectivity index (χ3n) is 4.39. The van der Waals surface area contributed by atoms with Gasteiger partial charge in [0.2, 0.25) is 0 Å². The van der Waals surface area contributed by atoms with Gasteiger partial charge in [0, 0.05) is 25.7 Å². The minimum absolute atomic E-state index is 0.0335. The van der Waals surface area contributed by atoms with E-state index >= 15 is 0 Å². The van der Waals surface area contributed by atoms with Crippen LogP contribution in [0.25, 0.3) is 0 Å². The van der Waals surface area contributed by atoms with Crippen LogP contribution in [0.2, 0.25) is 0 Å². The topological polar surface area (TPSA) is 117 Å². The van der Waals surface area contributed by atoms with Crippen molar-refractivity contribution < 1.29 is 29.0 Å². The SMILES string of the molecule is C[C@@H](CCN(CCCCNC(=O)OCC(=O)O)Cc1ccccc1)NC(=O)OC(C)(C)C. The number of aliphatic carboxylic acids is 1. The largest absolute Gasteiger partial charge is 0.479 e. The van der Waals surface area contributed by atoms with Crippen LogP contribution in [0.1, 0.15) is 52.5 Å². The summed E-state index contributed by atoms with van der Waals surface area (Å²) in [5, 5.41) is 13.9. The lowest BCUT2D eigenvalue weighted by molar-refractivity contribution is -0.140. The molecule has 32 heavy (non-hydrogen) atoms. The second-order valence-corrected chi connectivity index (χ2v) is 8.70. The minimum atomic E-state index is -1.19. The summed E-state index contributed by atoms with van der Waals surface area (Å²) in [7, 11) is 0. The monoisotopic (exact) mass is 451 g/mol. The molecule has 0 bridgehead atoms. The Morgan fingerprint density at radius 3 is 2.38 bits per heavy atom. The molecule has 1 aromatic carbocycles. The van der Waals surface area contributed by atoms with Crippen LogP contribution < -0.4 is 10.6 Å². The minimum Gasteiger partial charge on any atom is -0.479 e. The highest BCUT2D eigenvalue weighted by atomic mass is 16.6. The van der Waals surface area contributed by atoms with Crippen LogP contribution in [0.15, 0.2) is 30.3 Å². The fourth-order valence-corrected chi connectivity index (χ4v) is 2.90. The first-order valence-electron chi connectivity index (χ1n) is 10.9. The highest BCUT2D eigenvalue weighted by molar-refractivity contribution is 5.74. The Morgan fingerprint density at radius 2 is 1.75 bits per heavy atom. The van der Waals surface area contributed by atoms with Crippen molar-refractivity contribution in [2.45, 2.75) is 65.1 Å². The van der Waals surface area contributed by atoms with Crippen molar-refractivity contribution in [1.82, 2.24) is 15.5 Å². The zero-order chi connectivity index (χ0) is 24.0. The smallest absolute Gasteiger partial charge is 0.407 e. The first-order valence-corrected chi connectivity index (χ1v) is 10.9. The normalized spacial score (nSPS) is 12.2. The molecule has 0 radical (unpaired) electrons. The molecule has 0 aliphatic heterocycles. The van der Waals surface area contributed by atoms with Gasteiger partial charge in [-0.25, -0.2) is 14.4 Å². The van der Waals surface area contributed by atoms with Crippen LogP contribution in [0, 0.1) is 0 Å². The number of carbonyl (C=O) groups excluding carboxylic acids is 2. The highest BCUT2D eigenvalue weighted by Gasteiger charge is 2.18. The molecule has 9 heteroatoms. The van der Waals surface area contributed by atoms with Gasteiger partial charge in [-0.2, -0.15) is 0 Å². The molecular formula is C23H37N3O6. The number of unbranched alkanes of at least 4 members (excludes halogenated alkanes) is 1. The Labute approximate surface area is 190 Å². The zero-order valence-corrected chi connectivity index (χ0v) is 19.6. The van der Waals surface area contributed by atoms with Crippen LogP contribution in [-0.2, 0) is 20.8 Å². The molecule has 0 saturated heterocycles. The summed E-state index contributed by atoms with van der Waals surface area (Å²) in [4.78, 5) is 36.1. The molecule has 3 N–H and O–H groups in total. The molecular weight excluding hydrogens is 414 g/mol. The number of benzene rings is 1. The first kappa shape index (κ1) is 27.2. The number of hydrogen-bond acceptors (Lipinski definition) is 6. The molecule has 0 unspecified atom stereocenters. The van der Waals surface area contributed by atoms with Gasteiger partial charge in [-0.3, -0.25) is 4.90 Å². The van der Waals surface area contributed by atoms with E-state index in [-0.39, 0.29) is 6.04 Å². The van der Waals surface area contributed by atoms with E-state index in [1.807, 2.05) is 45.9 Å². The summed E-state index contributed by atoms with van der Waals surface area (Å²) in [5.74, 6) is -1.19. The fourth-order valence-electron chi connectivity index (χ4n) is 2.90. The Morgan fingerprint density at radius 1 is 1.06 bits per heavy atom. The molecule has 9 nitrogen and oxygen atoms in total. The molecule has 0 saturated carbocycles. The Kier molecular flexibility index (Phi) is 12.2. The summed E-state index contributed by atoms with van der Waals surface area (Å²) in [6.07, 6.45) is 1.21. The molecule has 0 aliphatic carbocycles. The van der Waals surface area contributed by atoms with E-state index < -0.39 is 30.4 Å². The maximum absolute atomic E-state index is 12.0. The molecule has 0 heterocycles. The number of ether oxygens (including phenoxy) is 2. The van der Waals surface area contributed by atoms with Crippen molar-refractivity contribution >= 4 is 18.2 Å². The summed E-state index contributed by atoms with van der Waals surface area (Å²) in [5.41, 5.74) is 0.674. The van der Waals surface area contributed by atoms with Crippen molar-refractivity contribution in [3.8, 4) is 0 Å². The summed E-state index contributed by atoms with van der Waals surface area (Å²) in [6, 6.07) is 10.1. The molecule has 180 valence electrons. The predicted octanol–water partition coefficient (Wildman–Crippen LogP) is 3.38. The van der Waals surface area contributed by atoms with Gasteiger partial charge in [-0.1, -0.05) is 30.3 Å². The number of nitrogens with zero attached hydrogens (tertiary/aromatic N) is 1. The fraction of sp³-hybridized carbons (Fsp3) is 0.609. The lowest BCUT2D eigenvalue weighted by Gasteiger charge is -2.25. The number of carbonyl (C=O) groups is 3. The van der Waals surface area contributed by atoms with Crippen LogP contribution in [0.5, 0.6) is 0 Å². The van der Waals surface area contributed by atoms with Crippen molar-refractivity contribution in [2.75, 3.05) is 26.2 Å². The van der Waals surface area contributed by atoms with Gasteiger partial charge in [-0.05, 0) is 59.1 Å². The van der Waals surface area contributed by atoms with Gasteiger partial charge in [-0.15, -0.1) is 0 Å². The van der Waals surface area contributed by atoms with Crippen LogP contribution in [0.4, 0.5) is 9.59 Å².